The van der Waals surface area contributed by atoms with Crippen LogP contribution in [0.4, 0.5) is 0 Å². The van der Waals surface area contributed by atoms with Gasteiger partial charge in [0.2, 0.25) is 0 Å². The molecule has 0 spiro atoms. The molecule has 1 aliphatic heterocycles. The summed E-state index contributed by atoms with van der Waals surface area (Å²) in [5, 5.41) is 32.7. The molecule has 1 heterocycles. The van der Waals surface area contributed by atoms with Crippen LogP contribution in [0.25, 0.3) is 0 Å². The molecule has 21 heavy (non-hydrogen) atoms. The van der Waals surface area contributed by atoms with Crippen molar-refractivity contribution in [3.63, 3.8) is 0 Å². The average molecular weight is 298 g/mol. The summed E-state index contributed by atoms with van der Waals surface area (Å²) in [6, 6.07) is 0. The van der Waals surface area contributed by atoms with Gasteiger partial charge in [-0.05, 0) is 19.3 Å². The number of cyclic esters (lactones) is 1. The molecule has 3 rings (SSSR count). The highest BCUT2D eigenvalue weighted by Crippen LogP contribution is 2.68. The molecule has 6 heteroatoms. The molecule has 6 atom stereocenters. The van der Waals surface area contributed by atoms with Gasteiger partial charge in [-0.15, -0.1) is 0 Å². The summed E-state index contributed by atoms with van der Waals surface area (Å²) in [6.07, 6.45) is -1.05. The van der Waals surface area contributed by atoms with Crippen LogP contribution in [-0.4, -0.2) is 51.0 Å². The Morgan fingerprint density at radius 2 is 1.81 bits per heavy atom. The van der Waals surface area contributed by atoms with E-state index in [9.17, 15) is 24.9 Å². The summed E-state index contributed by atoms with van der Waals surface area (Å²) in [5.41, 5.74) is -6.11. The van der Waals surface area contributed by atoms with Crippen LogP contribution in [-0.2, 0) is 14.3 Å². The van der Waals surface area contributed by atoms with Gasteiger partial charge in [0.15, 0.2) is 5.78 Å². The van der Waals surface area contributed by atoms with E-state index in [0.29, 0.717) is 6.42 Å². The lowest BCUT2D eigenvalue weighted by Gasteiger charge is -2.60. The Kier molecular flexibility index (Phi) is 2.74. The van der Waals surface area contributed by atoms with Crippen LogP contribution in [0.3, 0.4) is 0 Å². The number of rotatable bonds is 0. The van der Waals surface area contributed by atoms with Gasteiger partial charge in [0.05, 0.1) is 17.9 Å². The fourth-order valence-corrected chi connectivity index (χ4v) is 4.96. The molecule has 3 aliphatic rings. The molecule has 2 bridgehead atoms. The highest BCUT2D eigenvalue weighted by Gasteiger charge is 2.80. The van der Waals surface area contributed by atoms with Gasteiger partial charge in [0, 0.05) is 11.8 Å². The van der Waals surface area contributed by atoms with E-state index in [0.717, 1.165) is 0 Å². The third-order valence-corrected chi connectivity index (χ3v) is 6.68. The SMILES string of the molecule is CC1CC(O)C2(O)C13CC(=O)OCC2(C)C(C)(O)C(=O)C3. The first-order chi connectivity index (χ1) is 9.53. The minimum absolute atomic E-state index is 0.112. The summed E-state index contributed by atoms with van der Waals surface area (Å²) in [7, 11) is 0. The first kappa shape index (κ1) is 14.9. The van der Waals surface area contributed by atoms with E-state index in [1.807, 2.05) is 6.92 Å². The van der Waals surface area contributed by atoms with Crippen molar-refractivity contribution in [1.29, 1.82) is 0 Å². The molecule has 6 nitrogen and oxygen atoms in total. The molecule has 3 fully saturated rings. The highest BCUT2D eigenvalue weighted by molar-refractivity contribution is 5.91. The number of esters is 1. The Morgan fingerprint density at radius 1 is 1.19 bits per heavy atom. The lowest BCUT2D eigenvalue weighted by atomic mass is 9.46. The molecular formula is C15H22O6. The van der Waals surface area contributed by atoms with Gasteiger partial charge in [0.25, 0.3) is 0 Å². The fraction of sp³-hybridized carbons (Fsp3) is 0.867. The molecule has 2 saturated carbocycles. The van der Waals surface area contributed by atoms with Crippen molar-refractivity contribution < 1.29 is 29.6 Å². The Labute approximate surface area is 123 Å². The number of ether oxygens (including phenoxy) is 1. The van der Waals surface area contributed by atoms with E-state index < -0.39 is 39.9 Å². The minimum atomic E-state index is -1.86. The Bertz CT molecular complexity index is 528. The molecule has 118 valence electrons. The largest absolute Gasteiger partial charge is 0.465 e. The van der Waals surface area contributed by atoms with Crippen molar-refractivity contribution in [1.82, 2.24) is 0 Å². The van der Waals surface area contributed by atoms with E-state index in [2.05, 4.69) is 0 Å². The number of hydrogen-bond donors (Lipinski definition) is 3. The van der Waals surface area contributed by atoms with Crippen LogP contribution < -0.4 is 0 Å². The molecule has 2 aliphatic carbocycles. The maximum absolute atomic E-state index is 12.5. The van der Waals surface area contributed by atoms with E-state index >= 15 is 0 Å². The predicted molar refractivity (Wildman–Crippen MR) is 71.1 cm³/mol. The third kappa shape index (κ3) is 1.34. The number of ketones is 1. The zero-order valence-corrected chi connectivity index (χ0v) is 12.5. The van der Waals surface area contributed by atoms with E-state index in [-0.39, 0.29) is 25.4 Å². The second-order valence-electron chi connectivity index (χ2n) is 7.42. The zero-order valence-electron chi connectivity index (χ0n) is 12.5. The van der Waals surface area contributed by atoms with Gasteiger partial charge < -0.3 is 20.1 Å². The van der Waals surface area contributed by atoms with Gasteiger partial charge in [-0.1, -0.05) is 13.8 Å². The number of aliphatic hydroxyl groups is 3. The van der Waals surface area contributed by atoms with Crippen molar-refractivity contribution in [3.05, 3.63) is 0 Å². The van der Waals surface area contributed by atoms with Gasteiger partial charge in [-0.25, -0.2) is 0 Å². The monoisotopic (exact) mass is 298 g/mol. The standard InChI is InChI=1S/C15H22O6/c1-8-4-9(16)15(20)12(2)7-21-11(18)6-14(8,15)5-10(17)13(12,3)19/h8-9,16,19-20H,4-7H2,1-3H3. The normalized spacial score (nSPS) is 56.7. The van der Waals surface area contributed by atoms with Crippen LogP contribution in [0.15, 0.2) is 0 Å². The van der Waals surface area contributed by atoms with Gasteiger partial charge >= 0.3 is 5.97 Å². The molecule has 3 N–H and O–H groups in total. The van der Waals surface area contributed by atoms with Crippen molar-refractivity contribution >= 4 is 11.8 Å². The Morgan fingerprint density at radius 3 is 2.43 bits per heavy atom. The van der Waals surface area contributed by atoms with Crippen molar-refractivity contribution in [2.24, 2.45) is 16.7 Å². The third-order valence-electron chi connectivity index (χ3n) is 6.68. The van der Waals surface area contributed by atoms with Gasteiger partial charge in [0.1, 0.15) is 17.8 Å². The zero-order chi connectivity index (χ0) is 15.8. The van der Waals surface area contributed by atoms with E-state index in [1.165, 1.54) is 13.8 Å². The molecule has 0 aromatic carbocycles. The quantitative estimate of drug-likeness (QED) is 0.534. The first-order valence-corrected chi connectivity index (χ1v) is 7.35. The second kappa shape index (κ2) is 3.86. The number of hydrogen-bond acceptors (Lipinski definition) is 6. The van der Waals surface area contributed by atoms with Crippen molar-refractivity contribution in [2.75, 3.05) is 6.61 Å². The summed E-state index contributed by atoms with van der Waals surface area (Å²) in [5.74, 6) is -1.12. The number of carbonyl (C=O) groups is 2. The number of aliphatic hydroxyl groups excluding tert-OH is 1. The molecule has 0 aromatic rings. The van der Waals surface area contributed by atoms with Crippen LogP contribution in [0, 0.1) is 16.7 Å². The Hall–Kier alpha value is -0.980. The second-order valence-corrected chi connectivity index (χ2v) is 7.42. The topological polar surface area (TPSA) is 104 Å². The lowest BCUT2D eigenvalue weighted by Crippen LogP contribution is -2.75. The highest BCUT2D eigenvalue weighted by atomic mass is 16.5. The summed E-state index contributed by atoms with van der Waals surface area (Å²) in [4.78, 5) is 24.5. The molecule has 0 radical (unpaired) electrons. The molecular weight excluding hydrogens is 276 g/mol. The lowest BCUT2D eigenvalue weighted by molar-refractivity contribution is -0.272. The Balaban J connectivity index is 2.32. The summed E-state index contributed by atoms with van der Waals surface area (Å²) >= 11 is 0. The molecule has 1 saturated heterocycles. The number of Topliss-reactive ketones (excluding diaryl/α,β-unsaturated/α-hetero) is 1. The van der Waals surface area contributed by atoms with Crippen molar-refractivity contribution in [3.8, 4) is 0 Å². The van der Waals surface area contributed by atoms with Gasteiger partial charge in [-0.2, -0.15) is 0 Å². The predicted octanol–water partition coefficient (Wildman–Crippen LogP) is -0.218. The van der Waals surface area contributed by atoms with Crippen LogP contribution in [0.1, 0.15) is 40.0 Å². The maximum atomic E-state index is 12.5. The van der Waals surface area contributed by atoms with E-state index in [4.69, 9.17) is 4.74 Å². The fourth-order valence-electron chi connectivity index (χ4n) is 4.96. The summed E-state index contributed by atoms with van der Waals surface area (Å²) < 4.78 is 5.17. The van der Waals surface area contributed by atoms with E-state index in [1.54, 1.807) is 0 Å². The maximum Gasteiger partial charge on any atom is 0.306 e. The first-order valence-electron chi connectivity index (χ1n) is 7.35. The molecule has 0 aromatic heterocycles. The van der Waals surface area contributed by atoms with Crippen LogP contribution >= 0.6 is 0 Å². The minimum Gasteiger partial charge on any atom is -0.465 e. The average Bonchev–Trinajstić information content (AvgIpc) is 2.52. The smallest absolute Gasteiger partial charge is 0.306 e. The van der Waals surface area contributed by atoms with Crippen molar-refractivity contribution in [2.45, 2.75) is 57.3 Å². The number of carbonyl (C=O) groups excluding carboxylic acids is 2. The molecule has 6 unspecified atom stereocenters. The van der Waals surface area contributed by atoms with Gasteiger partial charge in [-0.3, -0.25) is 9.59 Å². The van der Waals surface area contributed by atoms with Crippen LogP contribution in [0.2, 0.25) is 0 Å². The molecule has 0 amide bonds. The summed E-state index contributed by atoms with van der Waals surface area (Å²) in [6.45, 7) is 4.41. The van der Waals surface area contributed by atoms with Crippen LogP contribution in [0.5, 0.6) is 0 Å².